The van der Waals surface area contributed by atoms with E-state index in [1.807, 2.05) is 6.07 Å². The third kappa shape index (κ3) is 1.99. The van der Waals surface area contributed by atoms with Crippen LogP contribution >= 0.6 is 0 Å². The van der Waals surface area contributed by atoms with Crippen LogP contribution < -0.4 is 0 Å². The zero-order chi connectivity index (χ0) is 14.1. The van der Waals surface area contributed by atoms with Crippen molar-refractivity contribution in [1.29, 1.82) is 5.26 Å². The van der Waals surface area contributed by atoms with E-state index in [2.05, 4.69) is 10.2 Å². The van der Waals surface area contributed by atoms with Gasteiger partial charge in [0.1, 0.15) is 11.9 Å². The lowest BCUT2D eigenvalue weighted by molar-refractivity contribution is 0.500. The van der Waals surface area contributed by atoms with Crippen LogP contribution in [0.3, 0.4) is 0 Å². The summed E-state index contributed by atoms with van der Waals surface area (Å²) in [5.41, 5.74) is 1.19. The van der Waals surface area contributed by atoms with Gasteiger partial charge in [-0.15, -0.1) is 10.2 Å². The predicted octanol–water partition coefficient (Wildman–Crippen LogP) is 2.47. The molecule has 0 aliphatic rings. The van der Waals surface area contributed by atoms with Gasteiger partial charge in [0.15, 0.2) is 17.3 Å². The van der Waals surface area contributed by atoms with Gasteiger partial charge >= 0.3 is 0 Å². The first-order valence-corrected chi connectivity index (χ1v) is 5.85. The Balaban J connectivity index is 2.07. The molecule has 0 aliphatic heterocycles. The SMILES string of the molecule is N#Cc1ccc2nnc(Cc3cccc(F)c3F)n2c1. The van der Waals surface area contributed by atoms with Crippen LogP contribution in [0.5, 0.6) is 0 Å². The van der Waals surface area contributed by atoms with Crippen molar-refractivity contribution in [2.45, 2.75) is 6.42 Å². The molecule has 0 radical (unpaired) electrons. The molecule has 2 heterocycles. The molecule has 3 rings (SSSR count). The molecule has 3 aromatic rings. The summed E-state index contributed by atoms with van der Waals surface area (Å²) in [6.45, 7) is 0. The van der Waals surface area contributed by atoms with Crippen molar-refractivity contribution in [3.05, 3.63) is 65.1 Å². The molecule has 0 bridgehead atoms. The number of benzene rings is 1. The van der Waals surface area contributed by atoms with Crippen LogP contribution in [0.2, 0.25) is 0 Å². The second-order valence-corrected chi connectivity index (χ2v) is 4.26. The second kappa shape index (κ2) is 4.70. The lowest BCUT2D eigenvalue weighted by atomic mass is 10.1. The van der Waals surface area contributed by atoms with Crippen molar-refractivity contribution in [1.82, 2.24) is 14.6 Å². The normalized spacial score (nSPS) is 10.7. The number of rotatable bonds is 2. The Labute approximate surface area is 112 Å². The standard InChI is InChI=1S/C14H8F2N4/c15-11-3-1-2-10(14(11)16)6-13-19-18-12-5-4-9(7-17)8-20(12)13/h1-5,8H,6H2. The van der Waals surface area contributed by atoms with Gasteiger partial charge in [-0.25, -0.2) is 8.78 Å². The number of halogens is 2. The van der Waals surface area contributed by atoms with Crippen LogP contribution in [0, 0.1) is 23.0 Å². The number of nitriles is 1. The van der Waals surface area contributed by atoms with Crippen molar-refractivity contribution in [3.8, 4) is 6.07 Å². The Kier molecular flexibility index (Phi) is 2.88. The second-order valence-electron chi connectivity index (χ2n) is 4.26. The average Bonchev–Trinajstić information content (AvgIpc) is 2.86. The maximum absolute atomic E-state index is 13.7. The smallest absolute Gasteiger partial charge is 0.162 e. The van der Waals surface area contributed by atoms with E-state index in [1.165, 1.54) is 12.1 Å². The van der Waals surface area contributed by atoms with Crippen LogP contribution in [-0.2, 0) is 6.42 Å². The van der Waals surface area contributed by atoms with Gasteiger partial charge < -0.3 is 0 Å². The molecule has 0 fully saturated rings. The molecule has 0 aliphatic carbocycles. The minimum Gasteiger partial charge on any atom is -0.285 e. The fourth-order valence-corrected chi connectivity index (χ4v) is 1.98. The summed E-state index contributed by atoms with van der Waals surface area (Å²) in [4.78, 5) is 0. The van der Waals surface area contributed by atoms with E-state index in [9.17, 15) is 8.78 Å². The van der Waals surface area contributed by atoms with Crippen molar-refractivity contribution >= 4 is 5.65 Å². The molecule has 0 amide bonds. The van der Waals surface area contributed by atoms with E-state index in [-0.39, 0.29) is 12.0 Å². The van der Waals surface area contributed by atoms with Gasteiger partial charge in [-0.3, -0.25) is 4.40 Å². The van der Waals surface area contributed by atoms with E-state index < -0.39 is 11.6 Å². The number of hydrogen-bond donors (Lipinski definition) is 0. The Morgan fingerprint density at radius 2 is 2.00 bits per heavy atom. The fraction of sp³-hybridized carbons (Fsp3) is 0.0714. The summed E-state index contributed by atoms with van der Waals surface area (Å²) >= 11 is 0. The molecule has 98 valence electrons. The third-order valence-corrected chi connectivity index (χ3v) is 2.98. The van der Waals surface area contributed by atoms with Crippen molar-refractivity contribution in [2.75, 3.05) is 0 Å². The molecule has 4 nitrogen and oxygen atoms in total. The molecule has 0 spiro atoms. The molecule has 1 aromatic carbocycles. The number of hydrogen-bond acceptors (Lipinski definition) is 3. The van der Waals surface area contributed by atoms with E-state index in [0.29, 0.717) is 17.0 Å². The first-order valence-electron chi connectivity index (χ1n) is 5.85. The van der Waals surface area contributed by atoms with Gasteiger partial charge in [0.05, 0.1) is 5.56 Å². The molecule has 6 heteroatoms. The average molecular weight is 270 g/mol. The first kappa shape index (κ1) is 12.2. The summed E-state index contributed by atoms with van der Waals surface area (Å²) in [6, 6.07) is 9.28. The Hall–Kier alpha value is -2.81. The maximum atomic E-state index is 13.7. The van der Waals surface area contributed by atoms with Crippen LogP contribution in [0.4, 0.5) is 8.78 Å². The van der Waals surface area contributed by atoms with Gasteiger partial charge in [-0.1, -0.05) is 12.1 Å². The van der Waals surface area contributed by atoms with E-state index >= 15 is 0 Å². The van der Waals surface area contributed by atoms with Crippen LogP contribution in [-0.4, -0.2) is 14.6 Å². The summed E-state index contributed by atoms with van der Waals surface area (Å²) in [5.74, 6) is -1.34. The van der Waals surface area contributed by atoms with Crippen LogP contribution in [0.1, 0.15) is 17.0 Å². The quantitative estimate of drug-likeness (QED) is 0.718. The summed E-state index contributed by atoms with van der Waals surface area (Å²) < 4.78 is 28.4. The Bertz CT molecular complexity index is 833. The van der Waals surface area contributed by atoms with Crippen molar-refractivity contribution < 1.29 is 8.78 Å². The topological polar surface area (TPSA) is 54.0 Å². The van der Waals surface area contributed by atoms with Crippen LogP contribution in [0.25, 0.3) is 5.65 Å². The Morgan fingerprint density at radius 1 is 1.15 bits per heavy atom. The van der Waals surface area contributed by atoms with Gasteiger partial charge in [0, 0.05) is 12.6 Å². The molecular weight excluding hydrogens is 262 g/mol. The predicted molar refractivity (Wildman–Crippen MR) is 66.9 cm³/mol. The molecule has 0 saturated carbocycles. The minimum absolute atomic E-state index is 0.0969. The molecule has 0 unspecified atom stereocenters. The minimum atomic E-state index is -0.894. The van der Waals surface area contributed by atoms with Gasteiger partial charge in [-0.2, -0.15) is 5.26 Å². The number of fused-ring (bicyclic) bond motifs is 1. The zero-order valence-electron chi connectivity index (χ0n) is 10.2. The highest BCUT2D eigenvalue weighted by atomic mass is 19.2. The molecule has 0 saturated heterocycles. The monoisotopic (exact) mass is 270 g/mol. The molecule has 2 aromatic heterocycles. The van der Waals surface area contributed by atoms with Crippen molar-refractivity contribution in [3.63, 3.8) is 0 Å². The zero-order valence-corrected chi connectivity index (χ0v) is 10.2. The summed E-state index contributed by atoms with van der Waals surface area (Å²) in [6.07, 6.45) is 1.67. The van der Waals surface area contributed by atoms with E-state index in [0.717, 1.165) is 6.07 Å². The van der Waals surface area contributed by atoms with E-state index in [1.54, 1.807) is 22.7 Å². The summed E-state index contributed by atoms with van der Waals surface area (Å²) in [7, 11) is 0. The first-order chi connectivity index (χ1) is 9.69. The highest BCUT2D eigenvalue weighted by Gasteiger charge is 2.12. The fourth-order valence-electron chi connectivity index (χ4n) is 1.98. The number of pyridine rings is 1. The van der Waals surface area contributed by atoms with Gasteiger partial charge in [0.25, 0.3) is 0 Å². The maximum Gasteiger partial charge on any atom is 0.162 e. The lowest BCUT2D eigenvalue weighted by Gasteiger charge is -2.03. The summed E-state index contributed by atoms with van der Waals surface area (Å²) in [5, 5.41) is 16.8. The largest absolute Gasteiger partial charge is 0.285 e. The Morgan fingerprint density at radius 3 is 2.80 bits per heavy atom. The van der Waals surface area contributed by atoms with Gasteiger partial charge in [-0.05, 0) is 23.8 Å². The molecule has 20 heavy (non-hydrogen) atoms. The highest BCUT2D eigenvalue weighted by molar-refractivity contribution is 5.43. The highest BCUT2D eigenvalue weighted by Crippen LogP contribution is 2.16. The molecule has 0 atom stereocenters. The lowest BCUT2D eigenvalue weighted by Crippen LogP contribution is -2.00. The number of aromatic nitrogens is 3. The number of nitrogens with zero attached hydrogens (tertiary/aromatic N) is 4. The van der Waals surface area contributed by atoms with E-state index in [4.69, 9.17) is 5.26 Å². The van der Waals surface area contributed by atoms with Crippen LogP contribution in [0.15, 0.2) is 36.5 Å². The molecular formula is C14H8F2N4. The molecule has 0 N–H and O–H groups in total. The van der Waals surface area contributed by atoms with Gasteiger partial charge in [0.2, 0.25) is 0 Å². The van der Waals surface area contributed by atoms with Crippen molar-refractivity contribution in [2.24, 2.45) is 0 Å². The third-order valence-electron chi connectivity index (χ3n) is 2.98.